The SMILES string of the molecule is CCc1cc(Nc2cc(N(OC(=O)C(F)(F)F)C(C)=O)ncc2-c2ccc(OCCOC)nn2)nc(C(C)(F)F)n1. The van der Waals surface area contributed by atoms with Gasteiger partial charge in [-0.25, -0.2) is 19.7 Å². The van der Waals surface area contributed by atoms with Gasteiger partial charge in [0.2, 0.25) is 11.7 Å². The number of alkyl halides is 5. The van der Waals surface area contributed by atoms with E-state index in [9.17, 15) is 31.5 Å². The maximum Gasteiger partial charge on any atom is 0.493 e. The molecule has 3 aromatic heterocycles. The number of carbonyl (C=O) groups excluding carboxylic acids is 2. The molecule has 3 rings (SSSR count). The second-order valence-corrected chi connectivity index (χ2v) is 8.31. The van der Waals surface area contributed by atoms with Crippen LogP contribution in [0.3, 0.4) is 0 Å². The normalized spacial score (nSPS) is 11.6. The fourth-order valence-corrected chi connectivity index (χ4v) is 3.12. The number of rotatable bonds is 10. The zero-order valence-corrected chi connectivity index (χ0v) is 22.1. The van der Waals surface area contributed by atoms with E-state index in [0.29, 0.717) is 13.5 Å². The first-order chi connectivity index (χ1) is 19.2. The number of ether oxygens (including phenoxy) is 2. The summed E-state index contributed by atoms with van der Waals surface area (Å²) in [4.78, 5) is 39.4. The number of hydroxylamine groups is 1. The number of aryl methyl sites for hydroxylation is 1. The predicted molar refractivity (Wildman–Crippen MR) is 132 cm³/mol. The van der Waals surface area contributed by atoms with Crippen LogP contribution in [-0.4, -0.2) is 63.5 Å². The Bertz CT molecular complexity index is 1380. The summed E-state index contributed by atoms with van der Waals surface area (Å²) >= 11 is 0. The van der Waals surface area contributed by atoms with Gasteiger partial charge < -0.3 is 19.6 Å². The molecule has 3 aromatic rings. The van der Waals surface area contributed by atoms with Gasteiger partial charge in [0.25, 0.3) is 5.91 Å². The summed E-state index contributed by atoms with van der Waals surface area (Å²) in [7, 11) is 1.49. The van der Waals surface area contributed by atoms with E-state index in [1.54, 1.807) is 6.92 Å². The fourth-order valence-electron chi connectivity index (χ4n) is 3.12. The Morgan fingerprint density at radius 1 is 1.05 bits per heavy atom. The van der Waals surface area contributed by atoms with Gasteiger partial charge in [0.05, 0.1) is 18.0 Å². The van der Waals surface area contributed by atoms with Gasteiger partial charge in [-0.2, -0.15) is 22.0 Å². The molecule has 0 aliphatic heterocycles. The Hall–Kier alpha value is -4.54. The summed E-state index contributed by atoms with van der Waals surface area (Å²) in [6, 6.07) is 5.37. The third-order valence-corrected chi connectivity index (χ3v) is 5.04. The lowest BCUT2D eigenvalue weighted by atomic mass is 10.1. The molecule has 1 amide bonds. The van der Waals surface area contributed by atoms with Crippen molar-refractivity contribution in [2.24, 2.45) is 0 Å². The smallest absolute Gasteiger partial charge is 0.474 e. The third-order valence-electron chi connectivity index (χ3n) is 5.04. The van der Waals surface area contributed by atoms with Gasteiger partial charge in [0.15, 0.2) is 5.82 Å². The van der Waals surface area contributed by atoms with Gasteiger partial charge in [-0.1, -0.05) is 6.92 Å². The molecule has 1 N–H and O–H groups in total. The van der Waals surface area contributed by atoms with Crippen LogP contribution in [0.5, 0.6) is 5.88 Å². The number of hydrogen-bond donors (Lipinski definition) is 1. The van der Waals surface area contributed by atoms with Crippen molar-refractivity contribution in [3.05, 3.63) is 42.0 Å². The zero-order valence-electron chi connectivity index (χ0n) is 22.1. The molecule has 0 aliphatic carbocycles. The molecule has 12 nitrogen and oxygen atoms in total. The second kappa shape index (κ2) is 12.8. The van der Waals surface area contributed by atoms with E-state index < -0.39 is 35.6 Å². The summed E-state index contributed by atoms with van der Waals surface area (Å²) in [5.41, 5.74) is 0.574. The lowest BCUT2D eigenvalue weighted by Gasteiger charge is -2.21. The van der Waals surface area contributed by atoms with E-state index in [2.05, 4.69) is 35.3 Å². The van der Waals surface area contributed by atoms with E-state index in [4.69, 9.17) is 9.47 Å². The van der Waals surface area contributed by atoms with Gasteiger partial charge in [0.1, 0.15) is 12.4 Å². The number of aromatic nitrogens is 5. The fraction of sp³-hybridized carbons (Fsp3) is 0.375. The number of pyridine rings is 1. The van der Waals surface area contributed by atoms with Crippen molar-refractivity contribution in [1.82, 2.24) is 25.1 Å². The molecule has 0 fully saturated rings. The average Bonchev–Trinajstić information content (AvgIpc) is 2.90. The molecule has 3 heterocycles. The van der Waals surface area contributed by atoms with E-state index >= 15 is 0 Å². The van der Waals surface area contributed by atoms with Gasteiger partial charge in [-0.3, -0.25) is 4.79 Å². The topological polar surface area (TPSA) is 142 Å². The van der Waals surface area contributed by atoms with Gasteiger partial charge in [-0.15, -0.1) is 15.3 Å². The van der Waals surface area contributed by atoms with Crippen molar-refractivity contribution in [2.45, 2.75) is 39.3 Å². The zero-order chi connectivity index (χ0) is 30.4. The van der Waals surface area contributed by atoms with Gasteiger partial charge >= 0.3 is 18.1 Å². The second-order valence-electron chi connectivity index (χ2n) is 8.31. The third kappa shape index (κ3) is 8.23. The van der Waals surface area contributed by atoms with Crippen LogP contribution in [0.25, 0.3) is 11.3 Å². The molecule has 220 valence electrons. The number of nitrogens with zero attached hydrogens (tertiary/aromatic N) is 6. The van der Waals surface area contributed by atoms with Crippen LogP contribution in [0.4, 0.5) is 39.3 Å². The van der Waals surface area contributed by atoms with Crippen LogP contribution in [0.1, 0.15) is 32.3 Å². The maximum atomic E-state index is 14.1. The Morgan fingerprint density at radius 2 is 1.78 bits per heavy atom. The van der Waals surface area contributed by atoms with Crippen LogP contribution in [-0.2, 0) is 31.5 Å². The number of halogens is 5. The van der Waals surface area contributed by atoms with Crippen molar-refractivity contribution in [3.8, 4) is 17.1 Å². The number of methoxy groups -OCH3 is 1. The van der Waals surface area contributed by atoms with E-state index in [-0.39, 0.29) is 52.4 Å². The first-order valence-corrected chi connectivity index (χ1v) is 11.8. The molecule has 0 aliphatic rings. The number of amides is 1. The van der Waals surface area contributed by atoms with Crippen LogP contribution in [0.15, 0.2) is 30.5 Å². The summed E-state index contributed by atoms with van der Waals surface area (Å²) in [5.74, 6) is -8.45. The summed E-state index contributed by atoms with van der Waals surface area (Å²) in [6.07, 6.45) is -4.03. The molecule has 0 spiro atoms. The molecule has 41 heavy (non-hydrogen) atoms. The summed E-state index contributed by atoms with van der Waals surface area (Å²) < 4.78 is 76.9. The highest BCUT2D eigenvalue weighted by Gasteiger charge is 2.43. The monoisotopic (exact) mass is 585 g/mol. The van der Waals surface area contributed by atoms with Gasteiger partial charge in [0, 0.05) is 56.6 Å². The molecule has 0 radical (unpaired) electrons. The summed E-state index contributed by atoms with van der Waals surface area (Å²) in [6.45, 7) is 3.64. The highest BCUT2D eigenvalue weighted by Crippen LogP contribution is 2.33. The van der Waals surface area contributed by atoms with Crippen molar-refractivity contribution < 1.29 is 45.9 Å². The highest BCUT2D eigenvalue weighted by atomic mass is 19.4. The highest BCUT2D eigenvalue weighted by molar-refractivity contribution is 5.93. The maximum absolute atomic E-state index is 14.1. The molecule has 0 aromatic carbocycles. The molecule has 0 saturated heterocycles. The standard InChI is InChI=1S/C24H24F5N7O5/c1-5-14-10-18(33-21(31-14)23(3,25)26)32-17-11-19(36(13(2)37)41-22(38)24(27,28)29)30-12-15(17)16-6-7-20(35-34-16)40-9-8-39-4/h6-7,10-12H,5,8-9H2,1-4H3,(H,30,31,32,33). The summed E-state index contributed by atoms with van der Waals surface area (Å²) in [5, 5.41) is 10.8. The molecule has 0 bridgehead atoms. The molecule has 17 heteroatoms. The van der Waals surface area contributed by atoms with E-state index in [0.717, 1.165) is 19.2 Å². The van der Waals surface area contributed by atoms with Crippen LogP contribution in [0.2, 0.25) is 0 Å². The minimum Gasteiger partial charge on any atom is -0.474 e. The van der Waals surface area contributed by atoms with Crippen LogP contribution < -0.4 is 15.1 Å². The van der Waals surface area contributed by atoms with Crippen molar-refractivity contribution in [2.75, 3.05) is 30.7 Å². The molecular weight excluding hydrogens is 561 g/mol. The number of anilines is 3. The average molecular weight is 585 g/mol. The first-order valence-electron chi connectivity index (χ1n) is 11.8. The van der Waals surface area contributed by atoms with E-state index in [1.165, 1.54) is 25.3 Å². The molecule has 0 unspecified atom stereocenters. The quantitative estimate of drug-likeness (QED) is 0.208. The number of nitrogens with one attached hydrogen (secondary N) is 1. The molecular formula is C24H24F5N7O5. The van der Waals surface area contributed by atoms with Crippen molar-refractivity contribution in [1.29, 1.82) is 0 Å². The van der Waals surface area contributed by atoms with E-state index in [1.807, 2.05) is 0 Å². The lowest BCUT2D eigenvalue weighted by Crippen LogP contribution is -2.38. The Labute approximate surface area is 229 Å². The number of hydrogen-bond acceptors (Lipinski definition) is 11. The van der Waals surface area contributed by atoms with Crippen molar-refractivity contribution in [3.63, 3.8) is 0 Å². The largest absolute Gasteiger partial charge is 0.493 e. The molecule has 0 atom stereocenters. The van der Waals surface area contributed by atoms with Crippen LogP contribution in [0, 0.1) is 0 Å². The van der Waals surface area contributed by atoms with Crippen molar-refractivity contribution >= 4 is 29.2 Å². The number of carbonyl (C=O) groups is 2. The Morgan fingerprint density at radius 3 is 2.34 bits per heavy atom. The minimum atomic E-state index is -5.41. The lowest BCUT2D eigenvalue weighted by molar-refractivity contribution is -0.201. The van der Waals surface area contributed by atoms with Crippen LogP contribution >= 0.6 is 0 Å². The Balaban J connectivity index is 2.10. The van der Waals surface area contributed by atoms with Gasteiger partial charge in [-0.05, 0) is 12.5 Å². The first kappa shape index (κ1) is 31.0. The Kier molecular flexibility index (Phi) is 9.64. The molecule has 0 saturated carbocycles. The minimum absolute atomic E-state index is 0.0159. The predicted octanol–water partition coefficient (Wildman–Crippen LogP) is 4.14.